The van der Waals surface area contributed by atoms with Crippen molar-refractivity contribution in [2.24, 2.45) is 5.73 Å². The molecule has 0 unspecified atom stereocenters. The minimum Gasteiger partial charge on any atom is -0.391 e. The van der Waals surface area contributed by atoms with Gasteiger partial charge in [-0.1, -0.05) is 11.8 Å². The predicted molar refractivity (Wildman–Crippen MR) is 41.1 cm³/mol. The first-order valence-electron chi connectivity index (χ1n) is 2.37. The predicted octanol–water partition coefficient (Wildman–Crippen LogP) is 0.213. The van der Waals surface area contributed by atoms with E-state index in [9.17, 15) is 0 Å². The lowest BCUT2D eigenvalue weighted by atomic mass is 10.5. The summed E-state index contributed by atoms with van der Waals surface area (Å²) in [6.07, 6.45) is -0.555. The Labute approximate surface area is 63.1 Å². The van der Waals surface area contributed by atoms with Gasteiger partial charge in [-0.25, -0.2) is 0 Å². The fourth-order valence-electron chi connectivity index (χ4n) is 0.231. The maximum absolute atomic E-state index is 8.80. The zero-order valence-electron chi connectivity index (χ0n) is 4.80. The van der Waals surface area contributed by atoms with Crippen molar-refractivity contribution in [2.45, 2.75) is 6.10 Å². The van der Waals surface area contributed by atoms with Crippen LogP contribution in [0.5, 0.6) is 0 Å². The number of amidine groups is 1. The lowest BCUT2D eigenvalue weighted by Crippen LogP contribution is -2.15. The highest BCUT2D eigenvalue weighted by atomic mass is 35.5. The number of aliphatic hydroxyl groups is 1. The molecule has 0 saturated heterocycles. The molecule has 54 valence electrons. The molecule has 0 radical (unpaired) electrons. The average molecular weight is 169 g/mol. The van der Waals surface area contributed by atoms with Crippen LogP contribution in [0.15, 0.2) is 0 Å². The average Bonchev–Trinajstić information content (AvgIpc) is 1.83. The fraction of sp³-hybridized carbons (Fsp3) is 0.750. The molecule has 0 amide bonds. The lowest BCUT2D eigenvalue weighted by Gasteiger charge is -2.02. The van der Waals surface area contributed by atoms with E-state index in [1.165, 1.54) is 0 Å². The Balaban J connectivity index is 3.16. The molecule has 0 aromatic heterocycles. The van der Waals surface area contributed by atoms with Gasteiger partial charge in [0.05, 0.1) is 6.10 Å². The third-order valence-electron chi connectivity index (χ3n) is 0.609. The standard InChI is InChI=1S/C4H9ClN2OS/c5-1-3(8)2-9-4(6)7/h3,8H,1-2H2,(H3,6,7)/t3-/m1/s1. The summed E-state index contributed by atoms with van der Waals surface area (Å²) >= 11 is 6.35. The van der Waals surface area contributed by atoms with E-state index in [-0.39, 0.29) is 11.0 Å². The Hall–Kier alpha value is 0.0700. The Kier molecular flexibility index (Phi) is 4.94. The molecule has 0 bridgehead atoms. The van der Waals surface area contributed by atoms with Crippen molar-refractivity contribution in [3.63, 3.8) is 0 Å². The second kappa shape index (κ2) is 4.90. The molecule has 5 heteroatoms. The van der Waals surface area contributed by atoms with Crippen LogP contribution in [0.3, 0.4) is 0 Å². The van der Waals surface area contributed by atoms with Gasteiger partial charge < -0.3 is 10.8 Å². The third kappa shape index (κ3) is 5.95. The molecule has 0 aromatic carbocycles. The maximum atomic E-state index is 8.80. The quantitative estimate of drug-likeness (QED) is 0.321. The summed E-state index contributed by atoms with van der Waals surface area (Å²) in [5.74, 6) is 0.596. The molecule has 0 aliphatic carbocycles. The van der Waals surface area contributed by atoms with Gasteiger partial charge in [0.2, 0.25) is 0 Å². The van der Waals surface area contributed by atoms with Crippen molar-refractivity contribution in [2.75, 3.05) is 11.6 Å². The van der Waals surface area contributed by atoms with E-state index in [4.69, 9.17) is 27.9 Å². The number of nitrogens with one attached hydrogen (secondary N) is 1. The first-order chi connectivity index (χ1) is 4.16. The first-order valence-corrected chi connectivity index (χ1v) is 3.89. The molecule has 3 nitrogen and oxygen atoms in total. The number of alkyl halides is 1. The van der Waals surface area contributed by atoms with Crippen molar-refractivity contribution < 1.29 is 5.11 Å². The first kappa shape index (κ1) is 9.07. The Morgan fingerprint density at radius 2 is 2.44 bits per heavy atom. The Morgan fingerprint density at radius 3 is 2.78 bits per heavy atom. The normalized spacial score (nSPS) is 13.1. The highest BCUT2D eigenvalue weighted by Gasteiger charge is 2.01. The van der Waals surface area contributed by atoms with Gasteiger partial charge in [-0.2, -0.15) is 0 Å². The van der Waals surface area contributed by atoms with Gasteiger partial charge in [0.25, 0.3) is 0 Å². The zero-order valence-corrected chi connectivity index (χ0v) is 6.37. The molecule has 9 heavy (non-hydrogen) atoms. The molecule has 0 aromatic rings. The van der Waals surface area contributed by atoms with E-state index in [2.05, 4.69) is 0 Å². The minimum atomic E-state index is -0.555. The van der Waals surface area contributed by atoms with Crippen molar-refractivity contribution in [3.8, 4) is 0 Å². The van der Waals surface area contributed by atoms with Crippen LogP contribution in [-0.4, -0.2) is 28.0 Å². The summed E-state index contributed by atoms with van der Waals surface area (Å²) in [5.41, 5.74) is 4.99. The number of hydrogen-bond acceptors (Lipinski definition) is 3. The van der Waals surface area contributed by atoms with E-state index < -0.39 is 6.10 Å². The number of halogens is 1. The van der Waals surface area contributed by atoms with Crippen molar-refractivity contribution in [1.82, 2.24) is 0 Å². The molecule has 0 fully saturated rings. The molecular formula is C4H9ClN2OS. The summed E-state index contributed by atoms with van der Waals surface area (Å²) in [7, 11) is 0. The second-order valence-corrected chi connectivity index (χ2v) is 2.85. The van der Waals surface area contributed by atoms with Gasteiger partial charge in [0.15, 0.2) is 5.17 Å². The van der Waals surface area contributed by atoms with E-state index in [0.29, 0.717) is 5.75 Å². The zero-order chi connectivity index (χ0) is 7.28. The van der Waals surface area contributed by atoms with E-state index in [0.717, 1.165) is 11.8 Å². The second-order valence-electron chi connectivity index (χ2n) is 1.48. The number of nitrogens with two attached hydrogens (primary N) is 1. The monoisotopic (exact) mass is 168 g/mol. The van der Waals surface area contributed by atoms with Crippen LogP contribution in [0.1, 0.15) is 0 Å². The van der Waals surface area contributed by atoms with E-state index in [1.807, 2.05) is 0 Å². The van der Waals surface area contributed by atoms with Crippen LogP contribution in [0.25, 0.3) is 0 Å². The van der Waals surface area contributed by atoms with Gasteiger partial charge >= 0.3 is 0 Å². The van der Waals surface area contributed by atoms with E-state index in [1.54, 1.807) is 0 Å². The lowest BCUT2D eigenvalue weighted by molar-refractivity contribution is 0.224. The minimum absolute atomic E-state index is 0.0131. The van der Waals surface area contributed by atoms with Crippen LogP contribution in [0.4, 0.5) is 0 Å². The highest BCUT2D eigenvalue weighted by Crippen LogP contribution is 2.01. The van der Waals surface area contributed by atoms with Gasteiger partial charge in [0, 0.05) is 11.6 Å². The number of aliphatic hydroxyl groups excluding tert-OH is 1. The molecular weight excluding hydrogens is 160 g/mol. The molecule has 0 aliphatic heterocycles. The van der Waals surface area contributed by atoms with Crippen molar-refractivity contribution in [1.29, 1.82) is 5.41 Å². The highest BCUT2D eigenvalue weighted by molar-refractivity contribution is 8.13. The summed E-state index contributed by atoms with van der Waals surface area (Å²) in [6.45, 7) is 0. The third-order valence-corrected chi connectivity index (χ3v) is 1.83. The SMILES string of the molecule is N=C(N)SC[C@H](O)CCl. The fourth-order valence-corrected chi connectivity index (χ4v) is 0.959. The summed E-state index contributed by atoms with van der Waals surface area (Å²) in [5, 5.41) is 15.6. The van der Waals surface area contributed by atoms with Crippen molar-refractivity contribution in [3.05, 3.63) is 0 Å². The van der Waals surface area contributed by atoms with E-state index >= 15 is 0 Å². The smallest absolute Gasteiger partial charge is 0.151 e. The molecule has 0 saturated carbocycles. The summed E-state index contributed by atoms with van der Waals surface area (Å²) in [4.78, 5) is 0. The van der Waals surface area contributed by atoms with Gasteiger partial charge in [-0.05, 0) is 0 Å². The summed E-state index contributed by atoms with van der Waals surface area (Å²) < 4.78 is 0. The molecule has 0 aliphatic rings. The topological polar surface area (TPSA) is 70.1 Å². The number of thioether (sulfide) groups is 1. The van der Waals surface area contributed by atoms with Crippen LogP contribution in [0.2, 0.25) is 0 Å². The van der Waals surface area contributed by atoms with Crippen LogP contribution < -0.4 is 5.73 Å². The number of hydrogen-bond donors (Lipinski definition) is 3. The van der Waals surface area contributed by atoms with Gasteiger partial charge in [-0.3, -0.25) is 5.41 Å². The van der Waals surface area contributed by atoms with Crippen LogP contribution >= 0.6 is 23.4 Å². The summed E-state index contributed by atoms with van der Waals surface area (Å²) in [6, 6.07) is 0. The molecule has 0 rings (SSSR count). The van der Waals surface area contributed by atoms with Crippen LogP contribution in [0, 0.1) is 5.41 Å². The van der Waals surface area contributed by atoms with Crippen LogP contribution in [-0.2, 0) is 0 Å². The molecule has 0 heterocycles. The number of rotatable bonds is 3. The Bertz CT molecular complexity index is 101. The molecule has 4 N–H and O–H groups in total. The Morgan fingerprint density at radius 1 is 1.89 bits per heavy atom. The largest absolute Gasteiger partial charge is 0.391 e. The van der Waals surface area contributed by atoms with Crippen molar-refractivity contribution >= 4 is 28.5 Å². The molecule has 1 atom stereocenters. The van der Waals surface area contributed by atoms with Gasteiger partial charge in [-0.15, -0.1) is 11.6 Å². The van der Waals surface area contributed by atoms with Gasteiger partial charge in [0.1, 0.15) is 0 Å². The molecule has 0 spiro atoms. The maximum Gasteiger partial charge on any atom is 0.151 e.